The zero-order valence-electron chi connectivity index (χ0n) is 10.0. The minimum Gasteiger partial charge on any atom is -0.305 e. The van der Waals surface area contributed by atoms with Gasteiger partial charge in [0.15, 0.2) is 0 Å². The lowest BCUT2D eigenvalue weighted by Crippen LogP contribution is -2.16. The monoisotopic (exact) mass is 270 g/mol. The van der Waals surface area contributed by atoms with Crippen LogP contribution >= 0.6 is 11.8 Å². The fourth-order valence-corrected chi connectivity index (χ4v) is 2.32. The third kappa shape index (κ3) is 1.98. The smallest absolute Gasteiger partial charge is 0.282 e. The number of para-hydroxylation sites is 2. The fraction of sp³-hybridized carbons (Fsp3) is 0. The van der Waals surface area contributed by atoms with Crippen LogP contribution in [0.3, 0.4) is 0 Å². The molecule has 3 rings (SSSR count). The summed E-state index contributed by atoms with van der Waals surface area (Å²) in [6, 6.07) is 19.4. The summed E-state index contributed by atoms with van der Waals surface area (Å²) in [6.07, 6.45) is 0. The number of carbonyl (C=O) groups is 1. The van der Waals surface area contributed by atoms with Gasteiger partial charge in [-0.05, 0) is 24.3 Å². The molecule has 1 N–H and O–H groups in total. The highest BCUT2D eigenvalue weighted by atomic mass is 35.5. The van der Waals surface area contributed by atoms with Crippen molar-refractivity contribution in [3.05, 3.63) is 66.4 Å². The molecule has 0 spiro atoms. The highest BCUT2D eigenvalue weighted by molar-refractivity contribution is 6.24. The Kier molecular flexibility index (Phi) is 2.97. The molecular formula is C15H11ClN2O. The Balaban J connectivity index is 2.34. The van der Waals surface area contributed by atoms with E-state index in [-0.39, 0.29) is 5.91 Å². The van der Waals surface area contributed by atoms with Crippen molar-refractivity contribution >= 4 is 28.6 Å². The lowest BCUT2D eigenvalue weighted by atomic mass is 10.2. The van der Waals surface area contributed by atoms with Crippen LogP contribution in [-0.2, 0) is 0 Å². The summed E-state index contributed by atoms with van der Waals surface area (Å²) < 4.78 is 1.90. The van der Waals surface area contributed by atoms with Crippen LogP contribution in [0, 0.1) is 0 Å². The molecule has 0 unspecified atom stereocenters. The van der Waals surface area contributed by atoms with Crippen LogP contribution in [0.25, 0.3) is 16.6 Å². The van der Waals surface area contributed by atoms with Gasteiger partial charge in [-0.1, -0.05) is 36.4 Å². The van der Waals surface area contributed by atoms with Crippen molar-refractivity contribution in [2.75, 3.05) is 0 Å². The van der Waals surface area contributed by atoms with Crippen molar-refractivity contribution in [3.63, 3.8) is 0 Å². The second-order valence-electron chi connectivity index (χ2n) is 4.18. The van der Waals surface area contributed by atoms with Gasteiger partial charge >= 0.3 is 0 Å². The molecule has 0 fully saturated rings. The summed E-state index contributed by atoms with van der Waals surface area (Å²) in [4.78, 5) is 14.1. The zero-order valence-corrected chi connectivity index (χ0v) is 10.8. The highest BCUT2D eigenvalue weighted by Gasteiger charge is 2.15. The Morgan fingerprint density at radius 2 is 1.68 bits per heavy atom. The maximum Gasteiger partial charge on any atom is 0.282 e. The molecule has 19 heavy (non-hydrogen) atoms. The second-order valence-corrected chi connectivity index (χ2v) is 4.37. The zero-order chi connectivity index (χ0) is 13.2. The van der Waals surface area contributed by atoms with E-state index in [0.29, 0.717) is 5.69 Å². The van der Waals surface area contributed by atoms with E-state index in [2.05, 4.69) is 4.84 Å². The SMILES string of the molecule is O=C(NCl)c1cc2ccccc2n1-c1ccccc1. The van der Waals surface area contributed by atoms with Crippen LogP contribution in [0.15, 0.2) is 60.7 Å². The summed E-state index contributed by atoms with van der Waals surface area (Å²) in [6.45, 7) is 0. The predicted octanol–water partition coefficient (Wildman–Crippen LogP) is 3.51. The standard InChI is InChI=1S/C15H11ClN2O/c16-17-15(19)14-10-11-6-4-5-9-13(11)18(14)12-7-2-1-3-8-12/h1-10H,(H,17,19). The van der Waals surface area contributed by atoms with Crippen LogP contribution < -0.4 is 4.84 Å². The van der Waals surface area contributed by atoms with Crippen LogP contribution in [-0.4, -0.2) is 10.5 Å². The molecule has 94 valence electrons. The molecule has 0 radical (unpaired) electrons. The Morgan fingerprint density at radius 3 is 2.42 bits per heavy atom. The summed E-state index contributed by atoms with van der Waals surface area (Å²) in [7, 11) is 0. The van der Waals surface area contributed by atoms with Gasteiger partial charge < -0.3 is 4.57 Å². The van der Waals surface area contributed by atoms with Gasteiger partial charge in [0, 0.05) is 22.9 Å². The van der Waals surface area contributed by atoms with Gasteiger partial charge in [0.05, 0.1) is 5.52 Å². The van der Waals surface area contributed by atoms with Crippen molar-refractivity contribution in [1.82, 2.24) is 9.40 Å². The Bertz CT molecular complexity index is 734. The number of carbonyl (C=O) groups excluding carboxylic acids is 1. The Morgan fingerprint density at radius 1 is 1.00 bits per heavy atom. The molecule has 0 atom stereocenters. The average molecular weight is 271 g/mol. The quantitative estimate of drug-likeness (QED) is 0.711. The van der Waals surface area contributed by atoms with Crippen molar-refractivity contribution in [3.8, 4) is 5.69 Å². The fourth-order valence-electron chi connectivity index (χ4n) is 2.23. The van der Waals surface area contributed by atoms with Crippen LogP contribution in [0.5, 0.6) is 0 Å². The van der Waals surface area contributed by atoms with Gasteiger partial charge in [0.2, 0.25) is 0 Å². The molecule has 2 aromatic carbocycles. The van der Waals surface area contributed by atoms with Gasteiger partial charge in [-0.3, -0.25) is 9.63 Å². The first-order valence-corrected chi connectivity index (χ1v) is 6.26. The molecule has 3 aromatic rings. The van der Waals surface area contributed by atoms with Gasteiger partial charge in [0.25, 0.3) is 5.91 Å². The van der Waals surface area contributed by atoms with Gasteiger partial charge in [-0.15, -0.1) is 0 Å². The lowest BCUT2D eigenvalue weighted by Gasteiger charge is -2.09. The number of amides is 1. The lowest BCUT2D eigenvalue weighted by molar-refractivity contribution is 0.0975. The third-order valence-corrected chi connectivity index (χ3v) is 3.22. The minimum atomic E-state index is -0.318. The maximum absolute atomic E-state index is 11.9. The molecule has 3 nitrogen and oxygen atoms in total. The molecule has 1 aromatic heterocycles. The summed E-state index contributed by atoms with van der Waals surface area (Å²) >= 11 is 5.46. The third-order valence-electron chi connectivity index (χ3n) is 3.04. The van der Waals surface area contributed by atoms with E-state index in [4.69, 9.17) is 11.8 Å². The number of rotatable bonds is 2. The van der Waals surface area contributed by atoms with E-state index in [1.165, 1.54) is 0 Å². The molecule has 4 heteroatoms. The van der Waals surface area contributed by atoms with Crippen molar-refractivity contribution in [2.24, 2.45) is 0 Å². The van der Waals surface area contributed by atoms with Crippen molar-refractivity contribution < 1.29 is 4.79 Å². The van der Waals surface area contributed by atoms with E-state index in [1.54, 1.807) is 0 Å². The second kappa shape index (κ2) is 4.78. The van der Waals surface area contributed by atoms with Crippen LogP contribution in [0.2, 0.25) is 0 Å². The molecule has 0 saturated carbocycles. The first kappa shape index (κ1) is 11.8. The molecular weight excluding hydrogens is 260 g/mol. The number of fused-ring (bicyclic) bond motifs is 1. The molecule has 0 aliphatic carbocycles. The normalized spacial score (nSPS) is 10.6. The number of halogens is 1. The molecule has 0 aliphatic rings. The highest BCUT2D eigenvalue weighted by Crippen LogP contribution is 2.24. The van der Waals surface area contributed by atoms with Crippen LogP contribution in [0.1, 0.15) is 10.5 Å². The molecule has 0 saturated heterocycles. The van der Waals surface area contributed by atoms with E-state index >= 15 is 0 Å². The topological polar surface area (TPSA) is 34.0 Å². The van der Waals surface area contributed by atoms with E-state index < -0.39 is 0 Å². The number of nitrogens with zero attached hydrogens (tertiary/aromatic N) is 1. The molecule has 0 bridgehead atoms. The number of benzene rings is 2. The predicted molar refractivity (Wildman–Crippen MR) is 76.6 cm³/mol. The van der Waals surface area contributed by atoms with Crippen molar-refractivity contribution in [1.29, 1.82) is 0 Å². The van der Waals surface area contributed by atoms with E-state index in [9.17, 15) is 4.79 Å². The molecule has 0 aliphatic heterocycles. The number of hydrogen-bond acceptors (Lipinski definition) is 1. The number of hydrogen-bond donors (Lipinski definition) is 1. The first-order valence-electron chi connectivity index (χ1n) is 5.88. The summed E-state index contributed by atoms with van der Waals surface area (Å²) in [5.41, 5.74) is 2.42. The Labute approximate surface area is 115 Å². The largest absolute Gasteiger partial charge is 0.305 e. The molecule has 1 heterocycles. The van der Waals surface area contributed by atoms with E-state index in [0.717, 1.165) is 16.6 Å². The minimum absolute atomic E-state index is 0.318. The van der Waals surface area contributed by atoms with E-state index in [1.807, 2.05) is 65.2 Å². The first-order chi connectivity index (χ1) is 9.31. The average Bonchev–Trinajstić information content (AvgIpc) is 2.86. The molecule has 1 amide bonds. The van der Waals surface area contributed by atoms with Crippen LogP contribution in [0.4, 0.5) is 0 Å². The number of aromatic nitrogens is 1. The summed E-state index contributed by atoms with van der Waals surface area (Å²) in [5, 5.41) is 1.00. The number of nitrogens with one attached hydrogen (secondary N) is 1. The van der Waals surface area contributed by atoms with Crippen molar-refractivity contribution in [2.45, 2.75) is 0 Å². The van der Waals surface area contributed by atoms with Gasteiger partial charge in [0.1, 0.15) is 5.69 Å². The maximum atomic E-state index is 11.9. The van der Waals surface area contributed by atoms with Gasteiger partial charge in [-0.2, -0.15) is 0 Å². The van der Waals surface area contributed by atoms with Gasteiger partial charge in [-0.25, -0.2) is 0 Å². The Hall–Kier alpha value is -2.26. The summed E-state index contributed by atoms with van der Waals surface area (Å²) in [5.74, 6) is -0.318.